The Hall–Kier alpha value is -3.19. The number of ether oxygens (including phenoxy) is 1. The van der Waals surface area contributed by atoms with Crippen molar-refractivity contribution in [3.63, 3.8) is 0 Å². The van der Waals surface area contributed by atoms with Gasteiger partial charge in [0.2, 0.25) is 0 Å². The third-order valence-electron chi connectivity index (χ3n) is 5.45. The number of carbonyl (C=O) groups is 3. The third kappa shape index (κ3) is 3.27. The van der Waals surface area contributed by atoms with Crippen molar-refractivity contribution in [1.29, 1.82) is 0 Å². The van der Waals surface area contributed by atoms with E-state index in [-0.39, 0.29) is 17.5 Å². The predicted octanol–water partition coefficient (Wildman–Crippen LogP) is 2.45. The summed E-state index contributed by atoms with van der Waals surface area (Å²) in [5.41, 5.74) is 7.20. The van der Waals surface area contributed by atoms with Crippen molar-refractivity contribution in [2.45, 2.75) is 25.8 Å². The van der Waals surface area contributed by atoms with Crippen LogP contribution in [0.4, 0.5) is 5.69 Å². The summed E-state index contributed by atoms with van der Waals surface area (Å²) in [4.78, 5) is 41.6. The van der Waals surface area contributed by atoms with Crippen molar-refractivity contribution >= 4 is 23.4 Å². The van der Waals surface area contributed by atoms with E-state index in [9.17, 15) is 14.4 Å². The van der Waals surface area contributed by atoms with Gasteiger partial charge in [0.15, 0.2) is 0 Å². The van der Waals surface area contributed by atoms with Crippen LogP contribution in [0, 0.1) is 0 Å². The molecule has 1 fully saturated rings. The van der Waals surface area contributed by atoms with Crippen molar-refractivity contribution in [3.05, 3.63) is 59.2 Å². The number of imide groups is 1. The SMILES string of the molecule is CCOc1ccc(N2C(=O)c3ccc(C(=O)N4CCCC4CN)cc3C2=O)cc1. The highest BCUT2D eigenvalue weighted by atomic mass is 16.5. The molecular weight excluding hydrogens is 370 g/mol. The second-order valence-electron chi connectivity index (χ2n) is 7.16. The van der Waals surface area contributed by atoms with Gasteiger partial charge in [-0.15, -0.1) is 0 Å². The standard InChI is InChI=1S/C22H23N3O4/c1-2-29-17-8-6-15(7-9-17)25-21(27)18-10-5-14(12-19(18)22(25)28)20(26)24-11-3-4-16(24)13-23/h5-10,12,16H,2-4,11,13,23H2,1H3. The van der Waals surface area contributed by atoms with E-state index in [0.29, 0.717) is 42.3 Å². The summed E-state index contributed by atoms with van der Waals surface area (Å²) in [5.74, 6) is -0.309. The van der Waals surface area contributed by atoms with Crippen LogP contribution in [0.2, 0.25) is 0 Å². The molecule has 150 valence electrons. The summed E-state index contributed by atoms with van der Waals surface area (Å²) in [5, 5.41) is 0. The van der Waals surface area contributed by atoms with Crippen molar-refractivity contribution in [2.75, 3.05) is 24.6 Å². The predicted molar refractivity (Wildman–Crippen MR) is 108 cm³/mol. The number of hydrogen-bond donors (Lipinski definition) is 1. The van der Waals surface area contributed by atoms with Crippen molar-refractivity contribution in [2.24, 2.45) is 5.73 Å². The molecule has 7 nitrogen and oxygen atoms in total. The monoisotopic (exact) mass is 393 g/mol. The molecule has 29 heavy (non-hydrogen) atoms. The lowest BCUT2D eigenvalue weighted by Gasteiger charge is -2.23. The molecule has 2 heterocycles. The fraction of sp³-hybridized carbons (Fsp3) is 0.318. The Balaban J connectivity index is 1.61. The molecule has 3 amide bonds. The molecule has 1 saturated heterocycles. The number of fused-ring (bicyclic) bond motifs is 1. The van der Waals surface area contributed by atoms with Gasteiger partial charge in [-0.1, -0.05) is 0 Å². The zero-order valence-corrected chi connectivity index (χ0v) is 16.3. The van der Waals surface area contributed by atoms with E-state index in [4.69, 9.17) is 10.5 Å². The molecule has 1 unspecified atom stereocenters. The van der Waals surface area contributed by atoms with E-state index in [0.717, 1.165) is 17.7 Å². The van der Waals surface area contributed by atoms with Crippen molar-refractivity contribution in [1.82, 2.24) is 4.90 Å². The lowest BCUT2D eigenvalue weighted by Crippen LogP contribution is -2.39. The molecule has 0 spiro atoms. The number of anilines is 1. The molecule has 2 aromatic rings. The fourth-order valence-electron chi connectivity index (χ4n) is 3.98. The van der Waals surface area contributed by atoms with Crippen LogP contribution >= 0.6 is 0 Å². The molecule has 2 aliphatic heterocycles. The lowest BCUT2D eigenvalue weighted by molar-refractivity contribution is 0.0740. The molecule has 0 radical (unpaired) electrons. The van der Waals surface area contributed by atoms with E-state index in [2.05, 4.69) is 0 Å². The van der Waals surface area contributed by atoms with Gasteiger partial charge in [-0.2, -0.15) is 0 Å². The molecule has 0 aliphatic carbocycles. The zero-order valence-electron chi connectivity index (χ0n) is 16.3. The Kier molecular flexibility index (Phi) is 5.07. The summed E-state index contributed by atoms with van der Waals surface area (Å²) in [6.45, 7) is 3.49. The van der Waals surface area contributed by atoms with E-state index in [1.165, 1.54) is 6.07 Å². The van der Waals surface area contributed by atoms with Gasteiger partial charge in [-0.25, -0.2) is 4.90 Å². The first-order chi connectivity index (χ1) is 14.0. The smallest absolute Gasteiger partial charge is 0.266 e. The topological polar surface area (TPSA) is 92.9 Å². The summed E-state index contributed by atoms with van der Waals surface area (Å²) < 4.78 is 5.41. The maximum absolute atomic E-state index is 13.0. The highest BCUT2D eigenvalue weighted by Crippen LogP contribution is 2.31. The van der Waals surface area contributed by atoms with Gasteiger partial charge in [0.05, 0.1) is 23.4 Å². The maximum Gasteiger partial charge on any atom is 0.266 e. The molecule has 2 aromatic carbocycles. The number of nitrogens with two attached hydrogens (primary N) is 1. The molecule has 1 atom stereocenters. The molecular formula is C22H23N3O4. The Labute approximate surface area is 169 Å². The zero-order chi connectivity index (χ0) is 20.5. The van der Waals surface area contributed by atoms with E-state index < -0.39 is 11.8 Å². The number of benzene rings is 2. The largest absolute Gasteiger partial charge is 0.494 e. The third-order valence-corrected chi connectivity index (χ3v) is 5.45. The molecule has 4 rings (SSSR count). The first-order valence-corrected chi connectivity index (χ1v) is 9.82. The first kappa shape index (κ1) is 19.1. The highest BCUT2D eigenvalue weighted by molar-refractivity contribution is 6.34. The van der Waals surface area contributed by atoms with E-state index >= 15 is 0 Å². The Bertz CT molecular complexity index is 971. The van der Waals surface area contributed by atoms with Crippen LogP contribution in [0.5, 0.6) is 5.75 Å². The number of nitrogens with zero attached hydrogens (tertiary/aromatic N) is 2. The highest BCUT2D eigenvalue weighted by Gasteiger charge is 2.38. The molecule has 2 N–H and O–H groups in total. The normalized spacial score (nSPS) is 18.3. The van der Waals surface area contributed by atoms with Crippen LogP contribution in [0.1, 0.15) is 50.8 Å². The molecule has 0 bridgehead atoms. The van der Waals surface area contributed by atoms with Crippen LogP contribution in [0.25, 0.3) is 0 Å². The van der Waals surface area contributed by atoms with Crippen LogP contribution < -0.4 is 15.4 Å². The van der Waals surface area contributed by atoms with Gasteiger partial charge >= 0.3 is 0 Å². The minimum absolute atomic E-state index is 0.0217. The van der Waals surface area contributed by atoms with Crippen LogP contribution in [-0.2, 0) is 0 Å². The average molecular weight is 393 g/mol. The molecule has 7 heteroatoms. The van der Waals surface area contributed by atoms with Gasteiger partial charge in [0.1, 0.15) is 5.75 Å². The number of amides is 3. The average Bonchev–Trinajstić information content (AvgIpc) is 3.31. The first-order valence-electron chi connectivity index (χ1n) is 9.82. The fourth-order valence-corrected chi connectivity index (χ4v) is 3.98. The summed E-state index contributed by atoms with van der Waals surface area (Å²) in [7, 11) is 0. The Morgan fingerprint density at radius 3 is 2.52 bits per heavy atom. The van der Waals surface area contributed by atoms with Crippen LogP contribution in [0.3, 0.4) is 0 Å². The van der Waals surface area contributed by atoms with Gasteiger partial charge in [0, 0.05) is 24.7 Å². The quantitative estimate of drug-likeness (QED) is 0.788. The minimum Gasteiger partial charge on any atom is -0.494 e. The number of hydrogen-bond acceptors (Lipinski definition) is 5. The van der Waals surface area contributed by atoms with Gasteiger partial charge < -0.3 is 15.4 Å². The van der Waals surface area contributed by atoms with Crippen LogP contribution in [0.15, 0.2) is 42.5 Å². The second kappa shape index (κ2) is 7.67. The number of likely N-dealkylation sites (tertiary alicyclic amines) is 1. The summed E-state index contributed by atoms with van der Waals surface area (Å²) in [6, 6.07) is 11.5. The molecule has 0 saturated carbocycles. The van der Waals surface area contributed by atoms with E-state index in [1.807, 2.05) is 6.92 Å². The van der Waals surface area contributed by atoms with Crippen molar-refractivity contribution in [3.8, 4) is 5.75 Å². The summed E-state index contributed by atoms with van der Waals surface area (Å²) in [6.07, 6.45) is 1.80. The maximum atomic E-state index is 13.0. The van der Waals surface area contributed by atoms with Gasteiger partial charge in [0.25, 0.3) is 17.7 Å². The van der Waals surface area contributed by atoms with Crippen LogP contribution in [-0.4, -0.2) is 48.4 Å². The molecule has 2 aliphatic rings. The summed E-state index contributed by atoms with van der Waals surface area (Å²) >= 11 is 0. The van der Waals surface area contributed by atoms with Gasteiger partial charge in [-0.05, 0) is 62.2 Å². The minimum atomic E-state index is -0.430. The van der Waals surface area contributed by atoms with E-state index in [1.54, 1.807) is 41.3 Å². The van der Waals surface area contributed by atoms with Gasteiger partial charge in [-0.3, -0.25) is 14.4 Å². The molecule has 0 aromatic heterocycles. The Morgan fingerprint density at radius 1 is 1.10 bits per heavy atom. The lowest BCUT2D eigenvalue weighted by atomic mass is 10.0. The second-order valence-corrected chi connectivity index (χ2v) is 7.16. The van der Waals surface area contributed by atoms with Crippen molar-refractivity contribution < 1.29 is 19.1 Å². The number of carbonyl (C=O) groups excluding carboxylic acids is 3. The Morgan fingerprint density at radius 2 is 1.83 bits per heavy atom. The number of rotatable bonds is 5.